The largest absolute Gasteiger partial charge is 0.454 e. The van der Waals surface area contributed by atoms with E-state index in [4.69, 9.17) is 19.4 Å². The molecule has 0 saturated heterocycles. The van der Waals surface area contributed by atoms with Crippen LogP contribution in [0, 0.1) is 12.7 Å². The lowest BCUT2D eigenvalue weighted by molar-refractivity contribution is 0.0798. The molecular formula is C32H32FN7O3. The molecule has 0 saturated carbocycles. The summed E-state index contributed by atoms with van der Waals surface area (Å²) in [6.45, 7) is 4.21. The predicted molar refractivity (Wildman–Crippen MR) is 162 cm³/mol. The average Bonchev–Trinajstić information content (AvgIpc) is 3.66. The molecule has 43 heavy (non-hydrogen) atoms. The van der Waals surface area contributed by atoms with Crippen LogP contribution < -0.4 is 19.7 Å². The summed E-state index contributed by atoms with van der Waals surface area (Å²) in [7, 11) is 3.57. The van der Waals surface area contributed by atoms with E-state index in [1.165, 1.54) is 23.8 Å². The molecule has 0 unspecified atom stereocenters. The number of rotatable bonds is 10. The Morgan fingerprint density at radius 3 is 2.58 bits per heavy atom. The third-order valence-corrected chi connectivity index (χ3v) is 7.35. The highest BCUT2D eigenvalue weighted by atomic mass is 19.1. The lowest BCUT2D eigenvalue weighted by atomic mass is 10.1. The van der Waals surface area contributed by atoms with Crippen LogP contribution in [0.1, 0.15) is 27.0 Å². The first kappa shape index (κ1) is 28.0. The summed E-state index contributed by atoms with van der Waals surface area (Å²) in [4.78, 5) is 30.7. The van der Waals surface area contributed by atoms with Crippen LogP contribution in [0.3, 0.4) is 0 Å². The molecule has 1 amide bonds. The monoisotopic (exact) mass is 581 g/mol. The van der Waals surface area contributed by atoms with Crippen molar-refractivity contribution < 1.29 is 18.7 Å². The smallest absolute Gasteiger partial charge is 0.253 e. The molecule has 3 heterocycles. The van der Waals surface area contributed by atoms with Crippen molar-refractivity contribution >= 4 is 28.8 Å². The summed E-state index contributed by atoms with van der Waals surface area (Å²) in [5.41, 5.74) is 4.98. The van der Waals surface area contributed by atoms with Crippen LogP contribution in [0.15, 0.2) is 73.1 Å². The number of nitrogens with one attached hydrogen (secondary N) is 1. The minimum atomic E-state index is -0.443. The Morgan fingerprint density at radius 1 is 0.977 bits per heavy atom. The molecule has 6 rings (SSSR count). The fourth-order valence-corrected chi connectivity index (χ4v) is 4.81. The first-order valence-electron chi connectivity index (χ1n) is 14.0. The number of imidazole rings is 1. The van der Waals surface area contributed by atoms with Crippen LogP contribution in [-0.4, -0.2) is 64.3 Å². The van der Waals surface area contributed by atoms with E-state index in [1.54, 1.807) is 24.3 Å². The number of hydrogen-bond acceptors (Lipinski definition) is 8. The maximum absolute atomic E-state index is 13.7. The number of anilines is 2. The van der Waals surface area contributed by atoms with Gasteiger partial charge in [0.05, 0.1) is 12.9 Å². The molecule has 0 bridgehead atoms. The molecular weight excluding hydrogens is 549 g/mol. The quantitative estimate of drug-likeness (QED) is 0.250. The molecule has 1 N–H and O–H groups in total. The first-order valence-corrected chi connectivity index (χ1v) is 14.0. The van der Waals surface area contributed by atoms with Crippen molar-refractivity contribution in [1.82, 2.24) is 24.4 Å². The van der Waals surface area contributed by atoms with Gasteiger partial charge in [-0.1, -0.05) is 42.0 Å². The van der Waals surface area contributed by atoms with Crippen LogP contribution in [0.5, 0.6) is 11.5 Å². The first-order chi connectivity index (χ1) is 20.8. The van der Waals surface area contributed by atoms with E-state index >= 15 is 0 Å². The van der Waals surface area contributed by atoms with Crippen molar-refractivity contribution in [2.24, 2.45) is 0 Å². The number of benzene rings is 3. The number of ether oxygens (including phenoxy) is 2. The second-order valence-electron chi connectivity index (χ2n) is 10.6. The molecule has 3 aromatic carbocycles. The number of aromatic nitrogens is 4. The van der Waals surface area contributed by atoms with E-state index in [0.717, 1.165) is 16.9 Å². The number of carbonyl (C=O) groups is 1. The van der Waals surface area contributed by atoms with Gasteiger partial charge >= 0.3 is 0 Å². The van der Waals surface area contributed by atoms with E-state index < -0.39 is 5.82 Å². The lowest BCUT2D eigenvalue weighted by Crippen LogP contribution is -2.35. The topological polar surface area (TPSA) is 97.6 Å². The van der Waals surface area contributed by atoms with E-state index in [2.05, 4.69) is 41.5 Å². The Morgan fingerprint density at radius 2 is 1.77 bits per heavy atom. The summed E-state index contributed by atoms with van der Waals surface area (Å²) in [6, 6.07) is 19.9. The molecule has 0 aliphatic carbocycles. The highest BCUT2D eigenvalue weighted by Gasteiger charge is 2.19. The Hall–Kier alpha value is -5.19. The number of fused-ring (bicyclic) bond motifs is 2. The molecule has 10 nitrogen and oxygen atoms in total. The van der Waals surface area contributed by atoms with Gasteiger partial charge in [-0.3, -0.25) is 4.79 Å². The highest BCUT2D eigenvalue weighted by Crippen LogP contribution is 2.33. The van der Waals surface area contributed by atoms with Crippen molar-refractivity contribution in [3.63, 3.8) is 0 Å². The lowest BCUT2D eigenvalue weighted by Gasteiger charge is -2.23. The van der Waals surface area contributed by atoms with Crippen LogP contribution in [-0.2, 0) is 13.1 Å². The highest BCUT2D eigenvalue weighted by molar-refractivity contribution is 5.94. The normalized spacial score (nSPS) is 12.0. The van der Waals surface area contributed by atoms with E-state index in [-0.39, 0.29) is 12.7 Å². The SMILES string of the molecule is Cc1ccc(Cn2cnc3c(NCc4ccc5c(c4)OCO5)nc(N(C)CCN(C)C(=O)c4cccc(F)c4)nc32)cc1. The van der Waals surface area contributed by atoms with Crippen molar-refractivity contribution in [1.29, 1.82) is 0 Å². The molecule has 0 radical (unpaired) electrons. The number of aryl methyl sites for hydroxylation is 1. The van der Waals surface area contributed by atoms with Crippen molar-refractivity contribution in [3.8, 4) is 11.5 Å². The third kappa shape index (κ3) is 6.20. The van der Waals surface area contributed by atoms with Gasteiger partial charge in [0, 0.05) is 39.3 Å². The van der Waals surface area contributed by atoms with Gasteiger partial charge in [-0.15, -0.1) is 0 Å². The number of amides is 1. The summed E-state index contributed by atoms with van der Waals surface area (Å²) in [5, 5.41) is 3.43. The van der Waals surface area contributed by atoms with Crippen LogP contribution >= 0.6 is 0 Å². The Labute approximate surface area is 248 Å². The maximum atomic E-state index is 13.7. The van der Waals surface area contributed by atoms with Gasteiger partial charge in [0.25, 0.3) is 5.91 Å². The third-order valence-electron chi connectivity index (χ3n) is 7.35. The molecule has 0 fully saturated rings. The van der Waals surface area contributed by atoms with Crippen LogP contribution in [0.4, 0.5) is 16.2 Å². The number of likely N-dealkylation sites (N-methyl/N-ethyl adjacent to an activating group) is 2. The van der Waals surface area contributed by atoms with Gasteiger partial charge in [0.15, 0.2) is 28.5 Å². The molecule has 1 aliphatic heterocycles. The van der Waals surface area contributed by atoms with Crippen LogP contribution in [0.2, 0.25) is 0 Å². The molecule has 0 atom stereocenters. The summed E-state index contributed by atoms with van der Waals surface area (Å²) < 4.78 is 26.6. The molecule has 0 spiro atoms. The molecule has 5 aromatic rings. The number of nitrogens with zero attached hydrogens (tertiary/aromatic N) is 6. The number of carbonyl (C=O) groups excluding carboxylic acids is 1. The zero-order chi connectivity index (χ0) is 29.9. The van der Waals surface area contributed by atoms with Gasteiger partial charge in [-0.05, 0) is 48.4 Å². The minimum Gasteiger partial charge on any atom is -0.454 e. The fraction of sp³-hybridized carbons (Fsp3) is 0.250. The Balaban J connectivity index is 1.25. The fourth-order valence-electron chi connectivity index (χ4n) is 4.81. The van der Waals surface area contributed by atoms with Crippen LogP contribution in [0.25, 0.3) is 11.2 Å². The molecule has 11 heteroatoms. The molecule has 1 aliphatic rings. The van der Waals surface area contributed by atoms with Crippen molar-refractivity contribution in [3.05, 3.63) is 101 Å². The maximum Gasteiger partial charge on any atom is 0.253 e. The summed E-state index contributed by atoms with van der Waals surface area (Å²) in [5.74, 6) is 1.82. The standard InChI is InChI=1S/C32H32FN7O3/c1-21-7-9-22(10-8-21)18-40-19-35-28-29(34-17-23-11-12-26-27(15-23)43-20-42-26)36-32(37-30(28)40)39(3)14-13-38(2)31(41)24-5-4-6-25(33)16-24/h4-12,15-16,19H,13-14,17-18,20H2,1-3H3,(H,34,36,37). The molecule has 220 valence electrons. The van der Waals surface area contributed by atoms with Gasteiger partial charge < -0.3 is 29.2 Å². The second kappa shape index (κ2) is 12.0. The predicted octanol–water partition coefficient (Wildman–Crippen LogP) is 4.87. The Bertz CT molecular complexity index is 1770. The van der Waals surface area contributed by atoms with E-state index in [1.807, 2.05) is 34.7 Å². The Kier molecular flexibility index (Phi) is 7.78. The summed E-state index contributed by atoms with van der Waals surface area (Å²) in [6.07, 6.45) is 1.78. The zero-order valence-corrected chi connectivity index (χ0v) is 24.2. The number of hydrogen-bond donors (Lipinski definition) is 1. The van der Waals surface area contributed by atoms with E-state index in [9.17, 15) is 9.18 Å². The number of halogens is 1. The molecule has 2 aromatic heterocycles. The van der Waals surface area contributed by atoms with Crippen molar-refractivity contribution in [2.45, 2.75) is 20.0 Å². The van der Waals surface area contributed by atoms with Gasteiger partial charge in [-0.2, -0.15) is 9.97 Å². The van der Waals surface area contributed by atoms with Gasteiger partial charge in [0.1, 0.15) is 5.82 Å². The van der Waals surface area contributed by atoms with Gasteiger partial charge in [0.2, 0.25) is 12.7 Å². The van der Waals surface area contributed by atoms with Crippen molar-refractivity contribution in [2.75, 3.05) is 44.2 Å². The zero-order valence-electron chi connectivity index (χ0n) is 24.2. The summed E-state index contributed by atoms with van der Waals surface area (Å²) >= 11 is 0. The average molecular weight is 582 g/mol. The van der Waals surface area contributed by atoms with Gasteiger partial charge in [-0.25, -0.2) is 9.37 Å². The minimum absolute atomic E-state index is 0.218. The van der Waals surface area contributed by atoms with E-state index in [0.29, 0.717) is 60.4 Å². The second-order valence-corrected chi connectivity index (χ2v) is 10.6.